The van der Waals surface area contributed by atoms with Gasteiger partial charge >= 0.3 is 6.18 Å². The first-order valence-corrected chi connectivity index (χ1v) is 5.96. The third-order valence-electron chi connectivity index (χ3n) is 3.06. The molecule has 7 heteroatoms. The molecule has 0 unspecified atom stereocenters. The molecule has 0 fully saturated rings. The summed E-state index contributed by atoms with van der Waals surface area (Å²) >= 11 is 0. The molecule has 0 radical (unpaired) electrons. The lowest BCUT2D eigenvalue weighted by atomic mass is 10.1. The molecule has 108 valence electrons. The molecule has 0 aliphatic carbocycles. The Hall–Kier alpha value is -2.44. The normalized spacial score (nSPS) is 12.0. The number of hydrogen-bond donors (Lipinski definition) is 0. The quantitative estimate of drug-likeness (QED) is 0.626. The molecule has 0 saturated heterocycles. The number of benzene rings is 1. The van der Waals surface area contributed by atoms with Crippen molar-refractivity contribution in [1.29, 1.82) is 0 Å². The number of rotatable bonds is 1. The van der Waals surface area contributed by atoms with Crippen LogP contribution >= 0.6 is 0 Å². The summed E-state index contributed by atoms with van der Waals surface area (Å²) in [4.78, 5) is 4.02. The van der Waals surface area contributed by atoms with E-state index in [2.05, 4.69) is 10.1 Å². The number of nitrogens with zero attached hydrogens (tertiary/aromatic N) is 2. The zero-order valence-corrected chi connectivity index (χ0v) is 10.7. The van der Waals surface area contributed by atoms with Crippen LogP contribution in [0.5, 0.6) is 0 Å². The van der Waals surface area contributed by atoms with Crippen LogP contribution < -0.4 is 0 Å². The summed E-state index contributed by atoms with van der Waals surface area (Å²) in [6.07, 6.45) is -4.56. The Morgan fingerprint density at radius 3 is 2.38 bits per heavy atom. The van der Waals surface area contributed by atoms with Gasteiger partial charge in [0.2, 0.25) is 0 Å². The molecule has 0 spiro atoms. The molecule has 0 saturated carbocycles. The maximum Gasteiger partial charge on any atom is 0.417 e. The third-order valence-corrected chi connectivity index (χ3v) is 3.06. The minimum absolute atomic E-state index is 0.0472. The Kier molecular flexibility index (Phi) is 2.93. The number of hydrogen-bond acceptors (Lipinski definition) is 3. The molecule has 2 aromatic heterocycles. The summed E-state index contributed by atoms with van der Waals surface area (Å²) in [6.45, 7) is 1.42. The molecular formula is C14H8F4N2O. The smallest absolute Gasteiger partial charge is 0.336 e. The van der Waals surface area contributed by atoms with E-state index >= 15 is 0 Å². The van der Waals surface area contributed by atoms with E-state index < -0.39 is 17.6 Å². The molecule has 1 aromatic carbocycles. The van der Waals surface area contributed by atoms with Crippen molar-refractivity contribution >= 4 is 11.1 Å². The lowest BCUT2D eigenvalue weighted by Gasteiger charge is -2.10. The van der Waals surface area contributed by atoms with Crippen molar-refractivity contribution in [3.8, 4) is 11.3 Å². The summed E-state index contributed by atoms with van der Waals surface area (Å²) in [6, 6.07) is 5.93. The van der Waals surface area contributed by atoms with Crippen LogP contribution in [0.4, 0.5) is 17.6 Å². The van der Waals surface area contributed by atoms with Crippen LogP contribution in [0, 0.1) is 12.7 Å². The molecule has 3 aromatic rings. The molecule has 2 heterocycles. The van der Waals surface area contributed by atoms with Gasteiger partial charge in [-0.3, -0.25) is 0 Å². The molecule has 0 N–H and O–H groups in total. The average Bonchev–Trinajstić information content (AvgIpc) is 2.79. The SMILES string of the molecule is Cc1noc2nc(-c3ccc(F)cc3)cc(C(F)(F)F)c12. The van der Waals surface area contributed by atoms with Gasteiger partial charge in [0, 0.05) is 5.56 Å². The number of fused-ring (bicyclic) bond motifs is 1. The van der Waals surface area contributed by atoms with Crippen molar-refractivity contribution in [2.24, 2.45) is 0 Å². The van der Waals surface area contributed by atoms with E-state index in [-0.39, 0.29) is 22.5 Å². The van der Waals surface area contributed by atoms with E-state index in [9.17, 15) is 17.6 Å². The van der Waals surface area contributed by atoms with Crippen LogP contribution in [0.3, 0.4) is 0 Å². The van der Waals surface area contributed by atoms with E-state index in [0.717, 1.165) is 18.2 Å². The van der Waals surface area contributed by atoms with E-state index in [1.165, 1.54) is 19.1 Å². The van der Waals surface area contributed by atoms with Gasteiger partial charge in [-0.05, 0) is 37.3 Å². The van der Waals surface area contributed by atoms with Crippen molar-refractivity contribution in [2.45, 2.75) is 13.1 Å². The summed E-state index contributed by atoms with van der Waals surface area (Å²) in [5.74, 6) is -0.480. The maximum absolute atomic E-state index is 13.2. The van der Waals surface area contributed by atoms with E-state index in [1.807, 2.05) is 0 Å². The second kappa shape index (κ2) is 4.54. The largest absolute Gasteiger partial charge is 0.417 e. The highest BCUT2D eigenvalue weighted by atomic mass is 19.4. The molecule has 0 aliphatic heterocycles. The van der Waals surface area contributed by atoms with Crippen LogP contribution in [-0.4, -0.2) is 10.1 Å². The molecule has 0 amide bonds. The van der Waals surface area contributed by atoms with Gasteiger partial charge in [-0.2, -0.15) is 13.2 Å². The Morgan fingerprint density at radius 2 is 1.76 bits per heavy atom. The lowest BCUT2D eigenvalue weighted by Crippen LogP contribution is -2.07. The van der Waals surface area contributed by atoms with Gasteiger partial charge in [0.25, 0.3) is 5.71 Å². The van der Waals surface area contributed by atoms with Crippen molar-refractivity contribution in [3.63, 3.8) is 0 Å². The lowest BCUT2D eigenvalue weighted by molar-refractivity contribution is -0.136. The number of pyridine rings is 1. The zero-order chi connectivity index (χ0) is 15.2. The Balaban J connectivity index is 2.28. The standard InChI is InChI=1S/C14H8F4N2O/c1-7-12-10(14(16,17)18)6-11(19-13(12)21-20-7)8-2-4-9(15)5-3-8/h2-6H,1H3. The second-order valence-corrected chi connectivity index (χ2v) is 4.51. The number of halogens is 4. The molecule has 21 heavy (non-hydrogen) atoms. The molecule has 0 bridgehead atoms. The molecule has 3 rings (SSSR count). The van der Waals surface area contributed by atoms with Gasteiger partial charge in [0.1, 0.15) is 5.82 Å². The Bertz CT molecular complexity index is 806. The van der Waals surface area contributed by atoms with Gasteiger partial charge in [-0.15, -0.1) is 0 Å². The molecule has 3 nitrogen and oxygen atoms in total. The van der Waals surface area contributed by atoms with Gasteiger partial charge in [0.05, 0.1) is 22.3 Å². The molecular weight excluding hydrogens is 288 g/mol. The van der Waals surface area contributed by atoms with E-state index in [1.54, 1.807) is 0 Å². The first kappa shape index (κ1) is 13.5. The summed E-state index contributed by atoms with van der Waals surface area (Å²) in [5, 5.41) is 3.36. The minimum atomic E-state index is -4.56. The summed E-state index contributed by atoms with van der Waals surface area (Å²) in [7, 11) is 0. The first-order valence-electron chi connectivity index (χ1n) is 5.96. The fraction of sp³-hybridized carbons (Fsp3) is 0.143. The highest BCUT2D eigenvalue weighted by molar-refractivity contribution is 5.83. The van der Waals surface area contributed by atoms with Crippen LogP contribution in [0.25, 0.3) is 22.4 Å². The second-order valence-electron chi connectivity index (χ2n) is 4.51. The Morgan fingerprint density at radius 1 is 1.10 bits per heavy atom. The van der Waals surface area contributed by atoms with Crippen LogP contribution in [0.15, 0.2) is 34.9 Å². The van der Waals surface area contributed by atoms with E-state index in [4.69, 9.17) is 4.52 Å². The highest BCUT2D eigenvalue weighted by Crippen LogP contribution is 2.37. The molecule has 0 atom stereocenters. The monoisotopic (exact) mass is 296 g/mol. The fourth-order valence-electron chi connectivity index (χ4n) is 2.09. The van der Waals surface area contributed by atoms with Crippen molar-refractivity contribution in [1.82, 2.24) is 10.1 Å². The maximum atomic E-state index is 13.2. The Labute approximate surface area is 116 Å². The van der Waals surface area contributed by atoms with Crippen LogP contribution in [0.1, 0.15) is 11.3 Å². The van der Waals surface area contributed by atoms with Gasteiger partial charge in [-0.25, -0.2) is 9.37 Å². The van der Waals surface area contributed by atoms with Gasteiger partial charge < -0.3 is 4.52 Å². The van der Waals surface area contributed by atoms with Crippen molar-refractivity contribution in [3.05, 3.63) is 47.4 Å². The fourth-order valence-corrected chi connectivity index (χ4v) is 2.09. The predicted molar refractivity (Wildman–Crippen MR) is 66.9 cm³/mol. The summed E-state index contributed by atoms with van der Waals surface area (Å²) in [5.41, 5.74) is -0.536. The number of alkyl halides is 3. The topological polar surface area (TPSA) is 38.9 Å². The van der Waals surface area contributed by atoms with Crippen LogP contribution in [0.2, 0.25) is 0 Å². The third kappa shape index (κ3) is 2.35. The highest BCUT2D eigenvalue weighted by Gasteiger charge is 2.35. The molecule has 0 aliphatic rings. The summed E-state index contributed by atoms with van der Waals surface area (Å²) < 4.78 is 57.3. The van der Waals surface area contributed by atoms with E-state index in [0.29, 0.717) is 5.56 Å². The van der Waals surface area contributed by atoms with Crippen molar-refractivity contribution < 1.29 is 22.1 Å². The predicted octanol–water partition coefficient (Wildman–Crippen LogP) is 4.36. The minimum Gasteiger partial charge on any atom is -0.336 e. The van der Waals surface area contributed by atoms with Gasteiger partial charge in [0.15, 0.2) is 0 Å². The van der Waals surface area contributed by atoms with Gasteiger partial charge in [-0.1, -0.05) is 5.16 Å². The van der Waals surface area contributed by atoms with Crippen molar-refractivity contribution in [2.75, 3.05) is 0 Å². The number of aryl methyl sites for hydroxylation is 1. The van der Waals surface area contributed by atoms with Crippen LogP contribution in [-0.2, 0) is 6.18 Å². The first-order chi connectivity index (χ1) is 9.86. The average molecular weight is 296 g/mol. The zero-order valence-electron chi connectivity index (χ0n) is 10.7. The number of aromatic nitrogens is 2.